The number of rotatable bonds is 5. The third-order valence-corrected chi connectivity index (χ3v) is 3.30. The second kappa shape index (κ2) is 6.21. The quantitative estimate of drug-likeness (QED) is 0.716. The zero-order valence-electron chi connectivity index (χ0n) is 10.9. The number of hydrogen-bond donors (Lipinski definition) is 2. The molecule has 0 aromatic heterocycles. The molecule has 4 nitrogen and oxygen atoms in total. The van der Waals surface area contributed by atoms with Crippen molar-refractivity contribution in [3.8, 4) is 0 Å². The molecule has 1 saturated heterocycles. The molecule has 1 aliphatic rings. The maximum atomic E-state index is 11.8. The predicted molar refractivity (Wildman–Crippen MR) is 66.3 cm³/mol. The van der Waals surface area contributed by atoms with Crippen molar-refractivity contribution in [1.29, 1.82) is 0 Å². The molecule has 1 aliphatic heterocycles. The first kappa shape index (κ1) is 13.5. The highest BCUT2D eigenvalue weighted by atomic mass is 16.2. The zero-order valence-corrected chi connectivity index (χ0v) is 10.9. The minimum absolute atomic E-state index is 0.0370. The Morgan fingerprint density at radius 3 is 2.62 bits per heavy atom. The summed E-state index contributed by atoms with van der Waals surface area (Å²) in [5.41, 5.74) is 0. The molecule has 0 aromatic carbocycles. The Labute approximate surface area is 98.8 Å². The van der Waals surface area contributed by atoms with Gasteiger partial charge < -0.3 is 15.5 Å². The highest BCUT2D eigenvalue weighted by Crippen LogP contribution is 2.08. The number of nitrogens with one attached hydrogen (secondary N) is 2. The molecule has 4 heteroatoms. The first-order chi connectivity index (χ1) is 7.52. The molecule has 0 bridgehead atoms. The van der Waals surface area contributed by atoms with Crippen molar-refractivity contribution in [3.05, 3.63) is 0 Å². The Balaban J connectivity index is 2.33. The molecule has 0 spiro atoms. The first-order valence-corrected chi connectivity index (χ1v) is 6.20. The van der Waals surface area contributed by atoms with Gasteiger partial charge in [-0.25, -0.2) is 0 Å². The van der Waals surface area contributed by atoms with Gasteiger partial charge in [0.2, 0.25) is 5.91 Å². The van der Waals surface area contributed by atoms with Crippen molar-refractivity contribution < 1.29 is 4.79 Å². The lowest BCUT2D eigenvalue weighted by atomic mass is 10.0. The molecule has 2 unspecified atom stereocenters. The molecular weight excluding hydrogens is 202 g/mol. The van der Waals surface area contributed by atoms with E-state index in [-0.39, 0.29) is 11.9 Å². The lowest BCUT2D eigenvalue weighted by Gasteiger charge is -2.28. The smallest absolute Gasteiger partial charge is 0.237 e. The summed E-state index contributed by atoms with van der Waals surface area (Å²) in [4.78, 5) is 14.0. The van der Waals surface area contributed by atoms with Crippen LogP contribution in [0.3, 0.4) is 0 Å². The van der Waals surface area contributed by atoms with Crippen molar-refractivity contribution in [2.45, 2.75) is 38.8 Å². The lowest BCUT2D eigenvalue weighted by Crippen LogP contribution is -2.47. The topological polar surface area (TPSA) is 44.4 Å². The number of carbonyl (C=O) groups excluding carboxylic acids is 1. The van der Waals surface area contributed by atoms with Crippen LogP contribution in [-0.4, -0.2) is 50.1 Å². The van der Waals surface area contributed by atoms with Crippen LogP contribution in [0, 0.1) is 5.92 Å². The molecule has 94 valence electrons. The largest absolute Gasteiger partial charge is 0.353 e. The molecule has 1 fully saturated rings. The van der Waals surface area contributed by atoms with E-state index in [4.69, 9.17) is 0 Å². The van der Waals surface area contributed by atoms with E-state index in [0.29, 0.717) is 12.0 Å². The average molecular weight is 227 g/mol. The SMILES string of the molecule is CC(C)C(CNC(=O)C1CCCN1)N(C)C. The van der Waals surface area contributed by atoms with Gasteiger partial charge in [-0.05, 0) is 39.4 Å². The predicted octanol–water partition coefficient (Wildman–Crippen LogP) is 0.441. The molecule has 1 heterocycles. The highest BCUT2D eigenvalue weighted by molar-refractivity contribution is 5.82. The van der Waals surface area contributed by atoms with Gasteiger partial charge in [0.1, 0.15) is 0 Å². The van der Waals surface area contributed by atoms with Crippen molar-refractivity contribution in [2.24, 2.45) is 5.92 Å². The van der Waals surface area contributed by atoms with Gasteiger partial charge in [0.05, 0.1) is 6.04 Å². The van der Waals surface area contributed by atoms with E-state index in [0.717, 1.165) is 25.9 Å². The maximum Gasteiger partial charge on any atom is 0.237 e. The summed E-state index contributed by atoms with van der Waals surface area (Å²) in [7, 11) is 4.12. The van der Waals surface area contributed by atoms with Gasteiger partial charge in [0, 0.05) is 12.6 Å². The molecule has 0 radical (unpaired) electrons. The molecule has 0 saturated carbocycles. The standard InChI is InChI=1S/C12H25N3O/c1-9(2)11(15(3)4)8-14-12(16)10-6-5-7-13-10/h9-11,13H,5-8H2,1-4H3,(H,14,16). The van der Waals surface area contributed by atoms with Crippen LogP contribution in [0.1, 0.15) is 26.7 Å². The Morgan fingerprint density at radius 2 is 2.19 bits per heavy atom. The second-order valence-corrected chi connectivity index (χ2v) is 5.17. The number of amides is 1. The van der Waals surface area contributed by atoms with Gasteiger partial charge >= 0.3 is 0 Å². The number of nitrogens with zero attached hydrogens (tertiary/aromatic N) is 1. The van der Waals surface area contributed by atoms with Gasteiger partial charge in [-0.2, -0.15) is 0 Å². The first-order valence-electron chi connectivity index (χ1n) is 6.20. The summed E-state index contributed by atoms with van der Waals surface area (Å²) in [6.07, 6.45) is 2.08. The Morgan fingerprint density at radius 1 is 1.50 bits per heavy atom. The summed E-state index contributed by atoms with van der Waals surface area (Å²) >= 11 is 0. The van der Waals surface area contributed by atoms with E-state index in [9.17, 15) is 4.79 Å². The van der Waals surface area contributed by atoms with Crippen molar-refractivity contribution in [1.82, 2.24) is 15.5 Å². The van der Waals surface area contributed by atoms with Gasteiger partial charge in [-0.15, -0.1) is 0 Å². The third-order valence-electron chi connectivity index (χ3n) is 3.30. The molecule has 1 rings (SSSR count). The van der Waals surface area contributed by atoms with Crippen LogP contribution in [0.5, 0.6) is 0 Å². The Bertz CT molecular complexity index is 214. The van der Waals surface area contributed by atoms with Gasteiger partial charge in [-0.1, -0.05) is 13.8 Å². The van der Waals surface area contributed by atoms with E-state index in [1.165, 1.54) is 0 Å². The van der Waals surface area contributed by atoms with Crippen molar-refractivity contribution >= 4 is 5.91 Å². The minimum Gasteiger partial charge on any atom is -0.353 e. The normalized spacial score (nSPS) is 22.8. The van der Waals surface area contributed by atoms with Crippen LogP contribution in [0.4, 0.5) is 0 Å². The number of likely N-dealkylation sites (N-methyl/N-ethyl adjacent to an activating group) is 1. The van der Waals surface area contributed by atoms with E-state index in [2.05, 4.69) is 43.5 Å². The van der Waals surface area contributed by atoms with Crippen LogP contribution in [0.2, 0.25) is 0 Å². The van der Waals surface area contributed by atoms with E-state index < -0.39 is 0 Å². The van der Waals surface area contributed by atoms with Crippen LogP contribution < -0.4 is 10.6 Å². The summed E-state index contributed by atoms with van der Waals surface area (Å²) in [5.74, 6) is 0.705. The Kier molecular flexibility index (Phi) is 5.22. The second-order valence-electron chi connectivity index (χ2n) is 5.17. The highest BCUT2D eigenvalue weighted by Gasteiger charge is 2.23. The molecular formula is C12H25N3O. The monoisotopic (exact) mass is 227 g/mol. The van der Waals surface area contributed by atoms with Crippen LogP contribution >= 0.6 is 0 Å². The maximum absolute atomic E-state index is 11.8. The molecule has 1 amide bonds. The summed E-state index contributed by atoms with van der Waals surface area (Å²) < 4.78 is 0. The number of carbonyl (C=O) groups is 1. The van der Waals surface area contributed by atoms with Crippen LogP contribution in [-0.2, 0) is 4.79 Å². The lowest BCUT2D eigenvalue weighted by molar-refractivity contribution is -0.123. The van der Waals surface area contributed by atoms with Crippen molar-refractivity contribution in [2.75, 3.05) is 27.2 Å². The fourth-order valence-corrected chi connectivity index (χ4v) is 2.25. The van der Waals surface area contributed by atoms with E-state index in [1.54, 1.807) is 0 Å². The molecule has 16 heavy (non-hydrogen) atoms. The van der Waals surface area contributed by atoms with E-state index >= 15 is 0 Å². The summed E-state index contributed by atoms with van der Waals surface area (Å²) in [6, 6.07) is 0.445. The molecule has 0 aliphatic carbocycles. The minimum atomic E-state index is 0.0370. The van der Waals surface area contributed by atoms with Crippen molar-refractivity contribution in [3.63, 3.8) is 0 Å². The molecule has 0 aromatic rings. The third kappa shape index (κ3) is 3.76. The van der Waals surface area contributed by atoms with Gasteiger partial charge in [0.25, 0.3) is 0 Å². The molecule has 2 atom stereocenters. The van der Waals surface area contributed by atoms with Gasteiger partial charge in [-0.3, -0.25) is 4.79 Å². The van der Waals surface area contributed by atoms with Crippen LogP contribution in [0.15, 0.2) is 0 Å². The van der Waals surface area contributed by atoms with Gasteiger partial charge in [0.15, 0.2) is 0 Å². The summed E-state index contributed by atoms with van der Waals surface area (Å²) in [5, 5.41) is 6.26. The fourth-order valence-electron chi connectivity index (χ4n) is 2.25. The summed E-state index contributed by atoms with van der Waals surface area (Å²) in [6.45, 7) is 6.08. The zero-order chi connectivity index (χ0) is 12.1. The van der Waals surface area contributed by atoms with E-state index in [1.807, 2.05) is 0 Å². The fraction of sp³-hybridized carbons (Fsp3) is 0.917. The average Bonchev–Trinajstić information content (AvgIpc) is 2.69. The Hall–Kier alpha value is -0.610. The molecule has 2 N–H and O–H groups in total. The van der Waals surface area contributed by atoms with Crippen LogP contribution in [0.25, 0.3) is 0 Å². The number of hydrogen-bond acceptors (Lipinski definition) is 3.